The molecule has 3 aromatic rings. The second kappa shape index (κ2) is 8.25. The first-order valence-corrected chi connectivity index (χ1v) is 8.69. The maximum absolute atomic E-state index is 12.4. The van der Waals surface area contributed by atoms with E-state index < -0.39 is 19.2 Å². The van der Waals surface area contributed by atoms with Crippen LogP contribution in [-0.4, -0.2) is 32.5 Å². The SMILES string of the molecule is FC(F)Oc1cnc(Oc2cccc3c(Br)nn(CCCC(F)(F)F)c23)nc1. The average molecular weight is 467 g/mol. The molecule has 0 spiro atoms. The Kier molecular flexibility index (Phi) is 5.96. The third kappa shape index (κ3) is 5.06. The zero-order valence-corrected chi connectivity index (χ0v) is 15.5. The third-order valence-electron chi connectivity index (χ3n) is 3.55. The largest absolute Gasteiger partial charge is 0.432 e. The lowest BCUT2D eigenvalue weighted by molar-refractivity contribution is -0.135. The van der Waals surface area contributed by atoms with Gasteiger partial charge in [-0.3, -0.25) is 4.68 Å². The molecular formula is C16H12BrF5N4O2. The van der Waals surface area contributed by atoms with Crippen LogP contribution in [0.3, 0.4) is 0 Å². The van der Waals surface area contributed by atoms with Crippen molar-refractivity contribution in [3.63, 3.8) is 0 Å². The summed E-state index contributed by atoms with van der Waals surface area (Å²) < 4.78 is 73.2. The van der Waals surface area contributed by atoms with E-state index >= 15 is 0 Å². The Balaban J connectivity index is 1.84. The van der Waals surface area contributed by atoms with Crippen molar-refractivity contribution in [2.24, 2.45) is 0 Å². The molecule has 150 valence electrons. The normalized spacial score (nSPS) is 12.0. The Labute approximate surface area is 163 Å². The molecule has 0 saturated carbocycles. The third-order valence-corrected chi connectivity index (χ3v) is 4.13. The standard InChI is InChI=1S/C16H12BrF5N4O2/c17-13-10-3-1-4-11(12(10)26(25-13)6-2-5-16(20,21)22)28-15-23-7-9(8-24-15)27-14(18)19/h1,3-4,7-8,14H,2,5-6H2. The van der Waals surface area contributed by atoms with Crippen LogP contribution in [0.2, 0.25) is 0 Å². The Bertz CT molecular complexity index is 947. The quantitative estimate of drug-likeness (QED) is 0.440. The molecule has 0 aliphatic heterocycles. The van der Waals surface area contributed by atoms with Crippen molar-refractivity contribution in [2.45, 2.75) is 32.2 Å². The molecule has 0 aliphatic rings. The van der Waals surface area contributed by atoms with Gasteiger partial charge < -0.3 is 9.47 Å². The Morgan fingerprint density at radius 2 is 1.86 bits per heavy atom. The zero-order chi connectivity index (χ0) is 20.3. The average Bonchev–Trinajstić information content (AvgIpc) is 2.92. The van der Waals surface area contributed by atoms with Crippen LogP contribution in [0.4, 0.5) is 22.0 Å². The smallest absolute Gasteiger partial charge is 0.389 e. The van der Waals surface area contributed by atoms with Gasteiger partial charge in [0.2, 0.25) is 0 Å². The predicted octanol–water partition coefficient (Wildman–Crippen LogP) is 5.33. The van der Waals surface area contributed by atoms with Gasteiger partial charge in [0, 0.05) is 18.4 Å². The summed E-state index contributed by atoms with van der Waals surface area (Å²) >= 11 is 3.27. The Morgan fingerprint density at radius 1 is 1.14 bits per heavy atom. The molecule has 0 aliphatic carbocycles. The van der Waals surface area contributed by atoms with Crippen molar-refractivity contribution in [2.75, 3.05) is 0 Å². The number of nitrogens with zero attached hydrogens (tertiary/aromatic N) is 4. The number of alkyl halides is 5. The molecule has 1 aromatic carbocycles. The molecule has 0 radical (unpaired) electrons. The topological polar surface area (TPSA) is 62.1 Å². The summed E-state index contributed by atoms with van der Waals surface area (Å²) in [7, 11) is 0. The molecule has 0 saturated heterocycles. The van der Waals surface area contributed by atoms with Gasteiger partial charge >= 0.3 is 18.8 Å². The van der Waals surface area contributed by atoms with Crippen LogP contribution >= 0.6 is 15.9 Å². The van der Waals surface area contributed by atoms with Gasteiger partial charge in [0.05, 0.1) is 12.4 Å². The van der Waals surface area contributed by atoms with Crippen LogP contribution < -0.4 is 9.47 Å². The molecule has 0 atom stereocenters. The second-order valence-electron chi connectivity index (χ2n) is 5.57. The van der Waals surface area contributed by atoms with Gasteiger partial charge in [-0.25, -0.2) is 0 Å². The lowest BCUT2D eigenvalue weighted by atomic mass is 10.2. The summed E-state index contributed by atoms with van der Waals surface area (Å²) in [6.45, 7) is -2.99. The summed E-state index contributed by atoms with van der Waals surface area (Å²) in [4.78, 5) is 7.57. The molecule has 2 aromatic heterocycles. The van der Waals surface area contributed by atoms with Crippen molar-refractivity contribution in [3.8, 4) is 17.5 Å². The van der Waals surface area contributed by atoms with E-state index in [1.165, 1.54) is 4.68 Å². The number of aromatic nitrogens is 4. The Morgan fingerprint density at radius 3 is 2.50 bits per heavy atom. The fraction of sp³-hybridized carbons (Fsp3) is 0.312. The first-order chi connectivity index (χ1) is 13.2. The van der Waals surface area contributed by atoms with Crippen LogP contribution in [0, 0.1) is 0 Å². The fourth-order valence-corrected chi connectivity index (χ4v) is 2.97. The zero-order valence-electron chi connectivity index (χ0n) is 14.0. The van der Waals surface area contributed by atoms with E-state index in [-0.39, 0.29) is 30.5 Å². The van der Waals surface area contributed by atoms with Crippen LogP contribution in [0.1, 0.15) is 12.8 Å². The summed E-state index contributed by atoms with van der Waals surface area (Å²) in [6, 6.07) is 4.82. The summed E-state index contributed by atoms with van der Waals surface area (Å²) in [6.07, 6.45) is -3.31. The van der Waals surface area contributed by atoms with Crippen LogP contribution in [0.25, 0.3) is 10.9 Å². The molecule has 6 nitrogen and oxygen atoms in total. The van der Waals surface area contributed by atoms with Gasteiger partial charge in [-0.05, 0) is 34.5 Å². The molecule has 0 fully saturated rings. The second-order valence-corrected chi connectivity index (χ2v) is 6.32. The van der Waals surface area contributed by atoms with Crippen LogP contribution in [0.15, 0.2) is 35.2 Å². The minimum Gasteiger partial charge on any atom is -0.432 e. The number of hydrogen-bond acceptors (Lipinski definition) is 5. The number of ether oxygens (including phenoxy) is 2. The summed E-state index contributed by atoms with van der Waals surface area (Å²) in [5.74, 6) is 0.0192. The number of halogens is 6. The van der Waals surface area contributed by atoms with Gasteiger partial charge in [0.25, 0.3) is 0 Å². The van der Waals surface area contributed by atoms with Gasteiger partial charge in [0.15, 0.2) is 11.5 Å². The summed E-state index contributed by atoms with van der Waals surface area (Å²) in [5, 5.41) is 4.83. The van der Waals surface area contributed by atoms with Gasteiger partial charge in [-0.1, -0.05) is 6.07 Å². The first-order valence-electron chi connectivity index (χ1n) is 7.89. The maximum atomic E-state index is 12.4. The van der Waals surface area contributed by atoms with Gasteiger partial charge in [0.1, 0.15) is 10.1 Å². The molecule has 0 N–H and O–H groups in total. The summed E-state index contributed by atoms with van der Waals surface area (Å²) in [5.41, 5.74) is 0.452. The van der Waals surface area contributed by atoms with Crippen molar-refractivity contribution < 1.29 is 31.4 Å². The van der Waals surface area contributed by atoms with Gasteiger partial charge in [-0.15, -0.1) is 0 Å². The fourth-order valence-electron chi connectivity index (χ4n) is 2.46. The Hall–Kier alpha value is -2.50. The number of aryl methyl sites for hydroxylation is 1. The highest BCUT2D eigenvalue weighted by molar-refractivity contribution is 9.10. The molecule has 2 heterocycles. The molecule has 12 heteroatoms. The number of benzene rings is 1. The number of para-hydroxylation sites is 1. The minimum absolute atomic E-state index is 0.0179. The van der Waals surface area contributed by atoms with E-state index in [4.69, 9.17) is 4.74 Å². The molecule has 28 heavy (non-hydrogen) atoms. The maximum Gasteiger partial charge on any atom is 0.389 e. The number of fused-ring (bicyclic) bond motifs is 1. The van der Waals surface area contributed by atoms with Crippen molar-refractivity contribution >= 4 is 26.8 Å². The highest BCUT2D eigenvalue weighted by Crippen LogP contribution is 2.33. The van der Waals surface area contributed by atoms with Crippen LogP contribution in [-0.2, 0) is 6.54 Å². The van der Waals surface area contributed by atoms with Crippen molar-refractivity contribution in [3.05, 3.63) is 35.2 Å². The minimum atomic E-state index is -4.25. The van der Waals surface area contributed by atoms with Gasteiger partial charge in [-0.2, -0.15) is 37.0 Å². The molecule has 0 amide bonds. The van der Waals surface area contributed by atoms with Crippen molar-refractivity contribution in [1.82, 2.24) is 19.7 Å². The van der Waals surface area contributed by atoms with E-state index in [1.54, 1.807) is 18.2 Å². The van der Waals surface area contributed by atoms with E-state index in [1.807, 2.05) is 0 Å². The molecule has 0 unspecified atom stereocenters. The first kappa shape index (κ1) is 20.2. The predicted molar refractivity (Wildman–Crippen MR) is 91.5 cm³/mol. The van der Waals surface area contributed by atoms with Crippen molar-refractivity contribution in [1.29, 1.82) is 0 Å². The number of rotatable bonds is 7. The lowest BCUT2D eigenvalue weighted by Crippen LogP contribution is -2.10. The van der Waals surface area contributed by atoms with Crippen LogP contribution in [0.5, 0.6) is 17.5 Å². The van der Waals surface area contributed by atoms with E-state index in [9.17, 15) is 22.0 Å². The highest BCUT2D eigenvalue weighted by atomic mass is 79.9. The van der Waals surface area contributed by atoms with E-state index in [0.29, 0.717) is 15.5 Å². The lowest BCUT2D eigenvalue weighted by Gasteiger charge is -2.10. The molecular weight excluding hydrogens is 455 g/mol. The van der Waals surface area contributed by atoms with E-state index in [0.717, 1.165) is 12.4 Å². The molecule has 3 rings (SSSR count). The highest BCUT2D eigenvalue weighted by Gasteiger charge is 2.26. The molecule has 0 bridgehead atoms. The van der Waals surface area contributed by atoms with E-state index in [2.05, 4.69) is 35.7 Å². The monoisotopic (exact) mass is 466 g/mol. The number of hydrogen-bond donors (Lipinski definition) is 0.